The number of ether oxygens (including phenoxy) is 1. The minimum Gasteiger partial charge on any atom is -0.491 e. The summed E-state index contributed by atoms with van der Waals surface area (Å²) in [7, 11) is 0. The molecule has 1 aliphatic rings. The predicted molar refractivity (Wildman–Crippen MR) is 56.0 cm³/mol. The number of hydrogen-bond donors (Lipinski definition) is 0. The zero-order valence-electron chi connectivity index (χ0n) is 8.88. The SMILES string of the molecule is CCC(C)CCCC[C]1CC=CO1. The van der Waals surface area contributed by atoms with Crippen LogP contribution in [0.15, 0.2) is 12.3 Å². The lowest BCUT2D eigenvalue weighted by molar-refractivity contribution is 0.258. The molecule has 0 saturated heterocycles. The van der Waals surface area contributed by atoms with Gasteiger partial charge in [0.2, 0.25) is 0 Å². The number of rotatable bonds is 6. The van der Waals surface area contributed by atoms with Crippen LogP contribution in [-0.4, -0.2) is 0 Å². The molecular weight excluding hydrogens is 160 g/mol. The fraction of sp³-hybridized carbons (Fsp3) is 0.750. The maximum atomic E-state index is 5.32. The van der Waals surface area contributed by atoms with E-state index >= 15 is 0 Å². The van der Waals surface area contributed by atoms with Crippen molar-refractivity contribution in [3.63, 3.8) is 0 Å². The van der Waals surface area contributed by atoms with Crippen LogP contribution >= 0.6 is 0 Å². The van der Waals surface area contributed by atoms with Gasteiger partial charge < -0.3 is 4.74 Å². The van der Waals surface area contributed by atoms with Crippen LogP contribution in [0.2, 0.25) is 0 Å². The topological polar surface area (TPSA) is 9.23 Å². The van der Waals surface area contributed by atoms with E-state index in [9.17, 15) is 0 Å². The molecule has 1 aliphatic heterocycles. The first-order valence-corrected chi connectivity index (χ1v) is 5.49. The molecule has 0 fully saturated rings. The van der Waals surface area contributed by atoms with Crippen molar-refractivity contribution in [2.45, 2.75) is 52.4 Å². The number of unbranched alkanes of at least 4 members (excludes halogenated alkanes) is 1. The highest BCUT2D eigenvalue weighted by Crippen LogP contribution is 2.23. The van der Waals surface area contributed by atoms with E-state index in [0.29, 0.717) is 0 Å². The van der Waals surface area contributed by atoms with Crippen LogP contribution in [-0.2, 0) is 4.74 Å². The summed E-state index contributed by atoms with van der Waals surface area (Å²) < 4.78 is 5.32. The van der Waals surface area contributed by atoms with Crippen LogP contribution in [0.4, 0.5) is 0 Å². The van der Waals surface area contributed by atoms with E-state index in [1.54, 1.807) is 0 Å². The molecule has 13 heavy (non-hydrogen) atoms. The highest BCUT2D eigenvalue weighted by molar-refractivity contribution is 4.97. The molecule has 1 atom stereocenters. The average molecular weight is 181 g/mol. The summed E-state index contributed by atoms with van der Waals surface area (Å²) in [6.45, 7) is 4.60. The van der Waals surface area contributed by atoms with Crippen LogP contribution in [0.5, 0.6) is 0 Å². The lowest BCUT2D eigenvalue weighted by atomic mass is 9.99. The van der Waals surface area contributed by atoms with Gasteiger partial charge in [-0.15, -0.1) is 0 Å². The van der Waals surface area contributed by atoms with Gasteiger partial charge in [-0.2, -0.15) is 0 Å². The van der Waals surface area contributed by atoms with Crippen molar-refractivity contribution < 1.29 is 4.74 Å². The Morgan fingerprint density at radius 3 is 2.92 bits per heavy atom. The monoisotopic (exact) mass is 181 g/mol. The molecular formula is C12H21O. The van der Waals surface area contributed by atoms with E-state index < -0.39 is 0 Å². The van der Waals surface area contributed by atoms with Crippen molar-refractivity contribution in [2.24, 2.45) is 5.92 Å². The molecule has 1 heterocycles. The fourth-order valence-corrected chi connectivity index (χ4v) is 1.55. The van der Waals surface area contributed by atoms with Crippen LogP contribution in [0.25, 0.3) is 0 Å². The molecule has 0 spiro atoms. The quantitative estimate of drug-likeness (QED) is 0.561. The Morgan fingerprint density at radius 2 is 2.31 bits per heavy atom. The zero-order valence-corrected chi connectivity index (χ0v) is 8.88. The Balaban J connectivity index is 1.89. The number of hydrogen-bond acceptors (Lipinski definition) is 1. The first-order valence-electron chi connectivity index (χ1n) is 5.49. The molecule has 0 N–H and O–H groups in total. The molecule has 1 heteroatoms. The van der Waals surface area contributed by atoms with Gasteiger partial charge in [0, 0.05) is 6.42 Å². The third kappa shape index (κ3) is 4.35. The minimum atomic E-state index is 0.896. The standard InChI is InChI=1S/C12H21O/c1-3-11(2)7-4-5-8-12-9-6-10-13-12/h6,10-11H,3-5,7-9H2,1-2H3. The molecule has 0 aliphatic carbocycles. The van der Waals surface area contributed by atoms with Crippen molar-refractivity contribution >= 4 is 0 Å². The van der Waals surface area contributed by atoms with Crippen LogP contribution in [0, 0.1) is 12.0 Å². The van der Waals surface area contributed by atoms with E-state index in [1.807, 2.05) is 6.26 Å². The van der Waals surface area contributed by atoms with Crippen LogP contribution in [0.3, 0.4) is 0 Å². The van der Waals surface area contributed by atoms with E-state index in [1.165, 1.54) is 31.8 Å². The second kappa shape index (κ2) is 6.06. The Hall–Kier alpha value is -0.460. The van der Waals surface area contributed by atoms with E-state index in [-0.39, 0.29) is 0 Å². The third-order valence-corrected chi connectivity index (χ3v) is 2.78. The van der Waals surface area contributed by atoms with Gasteiger partial charge in [-0.3, -0.25) is 0 Å². The fourth-order valence-electron chi connectivity index (χ4n) is 1.55. The van der Waals surface area contributed by atoms with Gasteiger partial charge in [0.1, 0.15) is 0 Å². The zero-order chi connectivity index (χ0) is 9.52. The highest BCUT2D eigenvalue weighted by Gasteiger charge is 2.12. The van der Waals surface area contributed by atoms with Crippen molar-refractivity contribution in [1.82, 2.24) is 0 Å². The molecule has 0 saturated carbocycles. The van der Waals surface area contributed by atoms with E-state index in [2.05, 4.69) is 19.9 Å². The van der Waals surface area contributed by atoms with Crippen molar-refractivity contribution in [1.29, 1.82) is 0 Å². The second-order valence-corrected chi connectivity index (χ2v) is 3.99. The van der Waals surface area contributed by atoms with Crippen molar-refractivity contribution in [3.05, 3.63) is 18.4 Å². The molecule has 1 nitrogen and oxygen atoms in total. The van der Waals surface area contributed by atoms with Crippen molar-refractivity contribution in [2.75, 3.05) is 0 Å². The minimum absolute atomic E-state index is 0.896. The lowest BCUT2D eigenvalue weighted by Crippen LogP contribution is -1.96. The molecule has 1 rings (SSSR count). The largest absolute Gasteiger partial charge is 0.491 e. The van der Waals surface area contributed by atoms with Crippen LogP contribution in [0.1, 0.15) is 52.4 Å². The van der Waals surface area contributed by atoms with Gasteiger partial charge >= 0.3 is 0 Å². The summed E-state index contributed by atoms with van der Waals surface area (Å²) in [5.41, 5.74) is 0. The molecule has 0 aromatic carbocycles. The molecule has 0 amide bonds. The van der Waals surface area contributed by atoms with Crippen molar-refractivity contribution in [3.8, 4) is 0 Å². The van der Waals surface area contributed by atoms with Gasteiger partial charge in [0.15, 0.2) is 6.10 Å². The summed E-state index contributed by atoms with van der Waals surface area (Å²) in [5, 5.41) is 0. The normalized spacial score (nSPS) is 18.9. The average Bonchev–Trinajstić information content (AvgIpc) is 2.64. The Bertz CT molecular complexity index is 143. The Kier molecular flexibility index (Phi) is 4.95. The smallest absolute Gasteiger partial charge is 0.151 e. The molecule has 1 radical (unpaired) electrons. The Labute approximate surface area is 82.2 Å². The van der Waals surface area contributed by atoms with Gasteiger partial charge in [0.25, 0.3) is 0 Å². The molecule has 0 bridgehead atoms. The summed E-state index contributed by atoms with van der Waals surface area (Å²) >= 11 is 0. The van der Waals surface area contributed by atoms with Crippen LogP contribution < -0.4 is 0 Å². The summed E-state index contributed by atoms with van der Waals surface area (Å²) in [4.78, 5) is 0. The summed E-state index contributed by atoms with van der Waals surface area (Å²) in [6.07, 6.45) is 12.7. The maximum absolute atomic E-state index is 5.32. The van der Waals surface area contributed by atoms with Gasteiger partial charge in [-0.05, 0) is 24.8 Å². The van der Waals surface area contributed by atoms with E-state index in [4.69, 9.17) is 4.74 Å². The summed E-state index contributed by atoms with van der Waals surface area (Å²) in [5.74, 6) is 0.896. The molecule has 1 unspecified atom stereocenters. The van der Waals surface area contributed by atoms with Gasteiger partial charge in [0.05, 0.1) is 6.26 Å². The first-order chi connectivity index (χ1) is 6.33. The molecule has 0 aromatic rings. The third-order valence-electron chi connectivity index (χ3n) is 2.78. The maximum Gasteiger partial charge on any atom is 0.151 e. The second-order valence-electron chi connectivity index (χ2n) is 3.99. The van der Waals surface area contributed by atoms with Gasteiger partial charge in [-0.1, -0.05) is 33.1 Å². The lowest BCUT2D eigenvalue weighted by Gasteiger charge is -2.10. The van der Waals surface area contributed by atoms with Gasteiger partial charge in [-0.25, -0.2) is 0 Å². The predicted octanol–water partition coefficient (Wildman–Crippen LogP) is 4.06. The Morgan fingerprint density at radius 1 is 1.46 bits per heavy atom. The highest BCUT2D eigenvalue weighted by atomic mass is 16.5. The molecule has 0 aromatic heterocycles. The summed E-state index contributed by atoms with van der Waals surface area (Å²) in [6, 6.07) is 0. The van der Waals surface area contributed by atoms with E-state index in [0.717, 1.165) is 18.8 Å². The molecule has 75 valence electrons. The first kappa shape index (κ1) is 10.6.